The predicted molar refractivity (Wildman–Crippen MR) is 215 cm³/mol. The van der Waals surface area contributed by atoms with E-state index in [2.05, 4.69) is 43.1 Å². The lowest BCUT2D eigenvalue weighted by Crippen LogP contribution is -2.62. The summed E-state index contributed by atoms with van der Waals surface area (Å²) in [4.78, 5) is 27.5. The molecule has 1 amide bonds. The van der Waals surface area contributed by atoms with Crippen LogP contribution >= 0.6 is 0 Å². The number of aliphatic hydroxyl groups is 3. The minimum atomic E-state index is -0.958. The number of fused-ring (bicyclic) bond motifs is 2. The van der Waals surface area contributed by atoms with Crippen molar-refractivity contribution in [2.24, 2.45) is 33.9 Å². The van der Waals surface area contributed by atoms with Gasteiger partial charge in [-0.2, -0.15) is 5.06 Å². The molecule has 1 heterocycles. The van der Waals surface area contributed by atoms with Gasteiger partial charge in [-0.3, -0.25) is 14.6 Å². The maximum atomic E-state index is 14.2. The number of hydrogen-bond acceptors (Lipinski definition) is 9. The molecule has 3 aromatic carbocycles. The van der Waals surface area contributed by atoms with Crippen molar-refractivity contribution in [2.75, 3.05) is 34.4 Å². The Bertz CT molecular complexity index is 1890. The Labute approximate surface area is 325 Å². The number of rotatable bonds is 14. The Morgan fingerprint density at radius 1 is 1.09 bits per heavy atom. The van der Waals surface area contributed by atoms with Gasteiger partial charge in [-0.15, -0.1) is 0 Å². The number of hydrogen-bond donors (Lipinski definition) is 5. The molecule has 3 aromatic rings. The number of ether oxygens (including phenoxy) is 1. The van der Waals surface area contributed by atoms with Crippen LogP contribution in [0.4, 0.5) is 0 Å². The molecule has 4 aliphatic rings. The third kappa shape index (κ3) is 8.46. The highest BCUT2D eigenvalue weighted by Crippen LogP contribution is 2.61. The van der Waals surface area contributed by atoms with E-state index >= 15 is 0 Å². The molecule has 0 radical (unpaired) electrons. The molecule has 296 valence electrons. The molecule has 11 heteroatoms. The number of allylic oxidation sites excluding steroid dienone is 1. The van der Waals surface area contributed by atoms with E-state index in [1.807, 2.05) is 68.7 Å². The van der Waals surface area contributed by atoms with Gasteiger partial charge in [0.1, 0.15) is 23.7 Å². The van der Waals surface area contributed by atoms with Gasteiger partial charge in [0.05, 0.1) is 38.7 Å². The van der Waals surface area contributed by atoms with Gasteiger partial charge in [-0.05, 0) is 98.3 Å². The number of likely N-dealkylation sites (N-methyl/N-ethyl adjacent to an activating group) is 1. The number of nitrogens with two attached hydrogens (primary N) is 1. The molecular weight excluding hydrogens is 695 g/mol. The molecule has 11 nitrogen and oxygen atoms in total. The van der Waals surface area contributed by atoms with E-state index in [4.69, 9.17) is 20.3 Å². The minimum Gasteiger partial charge on any atom is -0.512 e. The summed E-state index contributed by atoms with van der Waals surface area (Å²) in [6.07, 6.45) is 1.95. The molecule has 55 heavy (non-hydrogen) atoms. The van der Waals surface area contributed by atoms with Crippen molar-refractivity contribution in [1.82, 2.24) is 15.3 Å². The topological polar surface area (TPSA) is 153 Å². The van der Waals surface area contributed by atoms with Gasteiger partial charge < -0.3 is 36.0 Å². The number of para-hydroxylation sites is 1. The van der Waals surface area contributed by atoms with E-state index in [0.29, 0.717) is 52.6 Å². The number of aliphatic hydroxyl groups excluding tert-OH is 3. The van der Waals surface area contributed by atoms with Crippen LogP contribution < -0.4 is 15.8 Å². The molecule has 6 N–H and O–H groups in total. The van der Waals surface area contributed by atoms with Gasteiger partial charge in [0, 0.05) is 34.9 Å². The van der Waals surface area contributed by atoms with E-state index < -0.39 is 18.8 Å². The van der Waals surface area contributed by atoms with Gasteiger partial charge in [0.25, 0.3) is 0 Å². The average Bonchev–Trinajstić information content (AvgIpc) is 3.53. The summed E-state index contributed by atoms with van der Waals surface area (Å²) in [5.41, 5.74) is 12.1. The monoisotopic (exact) mass is 753 g/mol. The molecular formula is C44H59N5O6. The fourth-order valence-electron chi connectivity index (χ4n) is 9.34. The first kappa shape index (κ1) is 40.4. The number of aliphatic imine (C=N–C) groups is 1. The highest BCUT2D eigenvalue weighted by atomic mass is 16.7. The number of amides is 1. The largest absolute Gasteiger partial charge is 0.512 e. The third-order valence-electron chi connectivity index (χ3n) is 12.3. The first-order valence-corrected chi connectivity index (χ1v) is 19.4. The predicted octanol–water partition coefficient (Wildman–Crippen LogP) is 5.23. The SMILES string of the molecule is COc1c(CN2O[C@@H](CO)/C(=C(/C)O)[C@H]2C(=O)N[C@H]2C[C@H]3C[C@@H]([C@@H]2C)C3(C)C)cccc1-c1cc(CO)cc(C(N)=N[C@@H](Cc2ccccc2)CN(C)C)c1. The summed E-state index contributed by atoms with van der Waals surface area (Å²) in [5.74, 6) is 2.03. The molecule has 4 fully saturated rings. The third-order valence-corrected chi connectivity index (χ3v) is 12.3. The zero-order chi connectivity index (χ0) is 39.6. The lowest BCUT2D eigenvalue weighted by Gasteiger charge is -2.62. The maximum absolute atomic E-state index is 14.2. The van der Waals surface area contributed by atoms with Crippen LogP contribution in [-0.2, 0) is 29.2 Å². The van der Waals surface area contributed by atoms with E-state index in [1.165, 1.54) is 18.9 Å². The Hall–Kier alpha value is -4.26. The van der Waals surface area contributed by atoms with Gasteiger partial charge >= 0.3 is 0 Å². The maximum Gasteiger partial charge on any atom is 0.244 e. The van der Waals surface area contributed by atoms with Crippen LogP contribution in [0.5, 0.6) is 5.75 Å². The normalized spacial score (nSPS) is 26.4. The van der Waals surface area contributed by atoms with Gasteiger partial charge in [0.2, 0.25) is 5.91 Å². The molecule has 1 saturated heterocycles. The van der Waals surface area contributed by atoms with E-state index in [1.54, 1.807) is 12.2 Å². The summed E-state index contributed by atoms with van der Waals surface area (Å²) >= 11 is 0. The van der Waals surface area contributed by atoms with Gasteiger partial charge in [-0.1, -0.05) is 69.3 Å². The first-order chi connectivity index (χ1) is 26.2. The van der Waals surface area contributed by atoms with Crippen molar-refractivity contribution >= 4 is 11.7 Å². The standard InChI is InChI=1S/C44H59N5O6/c1-26-36-20-33(44(36,3)4)21-37(26)47-43(53)40-39(27(2)52)38(25-51)55-49(40)22-30-14-11-15-35(41(30)54-7)31-16-29(24-50)17-32(19-31)42(45)46-34(23-48(5)6)18-28-12-9-8-10-13-28/h8-17,19,26,33-34,36-38,40,50-52H,18,20-25H2,1-7H3,(H2,45,46)(H,47,53)/b39-27+/t26-,33+,34-,36-,37-,38-,40-/m0/s1. The van der Waals surface area contributed by atoms with Crippen molar-refractivity contribution in [3.8, 4) is 16.9 Å². The summed E-state index contributed by atoms with van der Waals surface area (Å²) in [6, 6.07) is 20.6. The van der Waals surface area contributed by atoms with Crippen LogP contribution in [0.2, 0.25) is 0 Å². The molecule has 7 rings (SSSR count). The quantitative estimate of drug-likeness (QED) is 0.0847. The number of carbonyl (C=O) groups excluding carboxylic acids is 1. The van der Waals surface area contributed by atoms with Crippen molar-refractivity contribution in [3.05, 3.63) is 100 Å². The lowest BCUT2D eigenvalue weighted by molar-refractivity contribution is -0.182. The fraction of sp³-hybridized carbons (Fsp3) is 0.500. The molecule has 2 bridgehead atoms. The molecule has 1 aliphatic heterocycles. The van der Waals surface area contributed by atoms with Crippen molar-refractivity contribution in [3.63, 3.8) is 0 Å². The molecule has 7 atom stereocenters. The lowest BCUT2D eigenvalue weighted by atomic mass is 9.45. The fourth-order valence-corrected chi connectivity index (χ4v) is 9.34. The highest BCUT2D eigenvalue weighted by molar-refractivity contribution is 5.99. The van der Waals surface area contributed by atoms with E-state index in [9.17, 15) is 20.1 Å². The summed E-state index contributed by atoms with van der Waals surface area (Å²) in [6.45, 7) is 8.64. The second-order valence-corrected chi connectivity index (χ2v) is 16.6. The van der Waals surface area contributed by atoms with Crippen LogP contribution in [-0.4, -0.2) is 95.6 Å². The van der Waals surface area contributed by atoms with Gasteiger partial charge in [-0.25, -0.2) is 0 Å². The number of carbonyl (C=O) groups is 1. The van der Waals surface area contributed by atoms with Gasteiger partial charge in [0.15, 0.2) is 0 Å². The summed E-state index contributed by atoms with van der Waals surface area (Å²) in [5, 5.41) is 36.3. The minimum absolute atomic E-state index is 0.0119. The Morgan fingerprint density at radius 2 is 1.84 bits per heavy atom. The van der Waals surface area contributed by atoms with Crippen LogP contribution in [0.15, 0.2) is 83.1 Å². The van der Waals surface area contributed by atoms with Crippen LogP contribution in [0, 0.1) is 23.2 Å². The number of benzene rings is 3. The number of hydroxylamine groups is 2. The Morgan fingerprint density at radius 3 is 2.45 bits per heavy atom. The van der Waals surface area contributed by atoms with E-state index in [0.717, 1.165) is 29.5 Å². The molecule has 0 aromatic heterocycles. The summed E-state index contributed by atoms with van der Waals surface area (Å²) in [7, 11) is 5.62. The zero-order valence-electron chi connectivity index (χ0n) is 33.3. The van der Waals surface area contributed by atoms with Crippen LogP contribution in [0.25, 0.3) is 11.1 Å². The number of methoxy groups -OCH3 is 1. The van der Waals surface area contributed by atoms with E-state index in [-0.39, 0.29) is 42.3 Å². The van der Waals surface area contributed by atoms with Crippen LogP contribution in [0.1, 0.15) is 62.8 Å². The number of amidine groups is 1. The Balaban J connectivity index is 1.30. The molecule has 0 spiro atoms. The molecule has 3 saturated carbocycles. The van der Waals surface area contributed by atoms with Crippen molar-refractivity contribution in [1.29, 1.82) is 0 Å². The zero-order valence-corrected chi connectivity index (χ0v) is 33.3. The first-order valence-electron chi connectivity index (χ1n) is 19.4. The number of nitrogens with one attached hydrogen (secondary N) is 1. The Kier molecular flexibility index (Phi) is 12.4. The second-order valence-electron chi connectivity index (χ2n) is 16.6. The molecule has 3 aliphatic carbocycles. The van der Waals surface area contributed by atoms with Crippen molar-refractivity contribution in [2.45, 2.75) is 84.3 Å². The molecule has 0 unspecified atom stereocenters. The average molecular weight is 754 g/mol. The second kappa shape index (κ2) is 16.9. The highest BCUT2D eigenvalue weighted by Gasteiger charge is 2.57. The van der Waals surface area contributed by atoms with Crippen LogP contribution in [0.3, 0.4) is 0 Å². The summed E-state index contributed by atoms with van der Waals surface area (Å²) < 4.78 is 6.06. The number of nitrogens with zero attached hydrogens (tertiary/aromatic N) is 3. The smallest absolute Gasteiger partial charge is 0.244 e. The van der Waals surface area contributed by atoms with Crippen molar-refractivity contribution < 1.29 is 29.7 Å².